The van der Waals surface area contributed by atoms with Crippen LogP contribution >= 0.6 is 0 Å². The van der Waals surface area contributed by atoms with Crippen LogP contribution in [-0.2, 0) is 0 Å². The topological polar surface area (TPSA) is 74.2 Å². The molecule has 0 bridgehead atoms. The van der Waals surface area contributed by atoms with E-state index >= 15 is 0 Å². The van der Waals surface area contributed by atoms with Gasteiger partial charge in [0.2, 0.25) is 5.95 Å². The average Bonchev–Trinajstić information content (AvgIpc) is 3.90. The highest BCUT2D eigenvalue weighted by Gasteiger charge is 2.20. The van der Waals surface area contributed by atoms with Crippen LogP contribution in [0, 0.1) is 6.57 Å². The maximum atomic E-state index is 7.63. The molecule has 7 aromatic carbocycles. The molecular weight excluding hydrogens is 655 g/mol. The van der Waals surface area contributed by atoms with E-state index in [-0.39, 0.29) is 0 Å². The summed E-state index contributed by atoms with van der Waals surface area (Å²) in [4.78, 5) is 18.8. The van der Waals surface area contributed by atoms with Gasteiger partial charge in [0, 0.05) is 49.0 Å². The van der Waals surface area contributed by atoms with Gasteiger partial charge < -0.3 is 8.83 Å². The molecule has 0 radical (unpaired) electrons. The molecule has 0 saturated heterocycles. The van der Waals surface area contributed by atoms with Gasteiger partial charge in [0.1, 0.15) is 22.3 Å². The summed E-state index contributed by atoms with van der Waals surface area (Å²) in [7, 11) is 0. The van der Waals surface area contributed by atoms with Gasteiger partial charge in [0.15, 0.2) is 17.3 Å². The summed E-state index contributed by atoms with van der Waals surface area (Å²) in [6.45, 7) is 7.63. The molecule has 0 N–H and O–H groups in total. The Hall–Kier alpha value is -7.56. The van der Waals surface area contributed by atoms with Gasteiger partial charge in [-0.2, -0.15) is 9.97 Å². The standard InChI is InChI=1S/C46H25N5O2/c1-47-29-12-8-11-27(25-29)44-48-45(50-46(49-44)51-37-19-5-2-13-30(37)31-14-3-6-20-38(31)51)28-23-24-32-34-17-9-18-35(43(34)53-41(32)26-28)33-16-10-22-40-42(33)36-15-4-7-21-39(36)52-40/h2-26H. The van der Waals surface area contributed by atoms with Crippen molar-refractivity contribution in [2.24, 2.45) is 0 Å². The van der Waals surface area contributed by atoms with Crippen LogP contribution in [-0.4, -0.2) is 19.5 Å². The van der Waals surface area contributed by atoms with E-state index < -0.39 is 0 Å². The molecule has 0 atom stereocenters. The van der Waals surface area contributed by atoms with Crippen molar-refractivity contribution in [1.29, 1.82) is 0 Å². The third-order valence-electron chi connectivity index (χ3n) is 10.1. The van der Waals surface area contributed by atoms with Crippen LogP contribution in [0.15, 0.2) is 160 Å². The summed E-state index contributed by atoms with van der Waals surface area (Å²) >= 11 is 0. The average molecular weight is 680 g/mol. The molecule has 0 aliphatic rings. The van der Waals surface area contributed by atoms with Crippen LogP contribution in [0.2, 0.25) is 0 Å². The molecule has 0 fully saturated rings. The Morgan fingerprint density at radius 2 is 1.11 bits per heavy atom. The van der Waals surface area contributed by atoms with E-state index in [4.69, 9.17) is 30.4 Å². The van der Waals surface area contributed by atoms with E-state index in [1.54, 1.807) is 6.07 Å². The minimum absolute atomic E-state index is 0.477. The molecule has 246 valence electrons. The van der Waals surface area contributed by atoms with E-state index in [0.717, 1.165) is 87.9 Å². The van der Waals surface area contributed by atoms with Crippen LogP contribution in [0.1, 0.15) is 0 Å². The summed E-state index contributed by atoms with van der Waals surface area (Å²) < 4.78 is 15.1. The Labute approximate surface area is 301 Å². The number of rotatable bonds is 4. The monoisotopic (exact) mass is 679 g/mol. The first-order chi connectivity index (χ1) is 26.2. The van der Waals surface area contributed by atoms with E-state index in [2.05, 4.69) is 70.1 Å². The molecular formula is C46H25N5O2. The number of aromatic nitrogens is 4. The fourth-order valence-electron chi connectivity index (χ4n) is 7.72. The SMILES string of the molecule is [C-]#[N+]c1cccc(-c2nc(-c3ccc4c(c3)oc3c(-c5cccc6oc7ccccc7c56)cccc34)nc(-n3c4ccccc4c4ccccc43)n2)c1. The number of furan rings is 2. The quantitative estimate of drug-likeness (QED) is 0.173. The molecule has 0 saturated carbocycles. The van der Waals surface area contributed by atoms with Gasteiger partial charge in [0.25, 0.3) is 0 Å². The van der Waals surface area contributed by atoms with Gasteiger partial charge in [-0.25, -0.2) is 9.83 Å². The Balaban J connectivity index is 1.13. The number of nitrogens with zero attached hydrogens (tertiary/aromatic N) is 5. The van der Waals surface area contributed by atoms with Crippen LogP contribution in [0.4, 0.5) is 5.69 Å². The predicted octanol–water partition coefficient (Wildman–Crippen LogP) is 12.3. The van der Waals surface area contributed by atoms with Crippen molar-refractivity contribution >= 4 is 71.4 Å². The van der Waals surface area contributed by atoms with Crippen molar-refractivity contribution in [2.45, 2.75) is 0 Å². The third kappa shape index (κ3) is 4.43. The second-order valence-corrected chi connectivity index (χ2v) is 13.1. The molecule has 7 heteroatoms. The lowest BCUT2D eigenvalue weighted by Crippen LogP contribution is -2.06. The minimum Gasteiger partial charge on any atom is -0.456 e. The van der Waals surface area contributed by atoms with Crippen molar-refractivity contribution in [2.75, 3.05) is 0 Å². The lowest BCUT2D eigenvalue weighted by Gasteiger charge is -2.11. The summed E-state index contributed by atoms with van der Waals surface area (Å²) in [6.07, 6.45) is 0. The molecule has 0 unspecified atom stereocenters. The first-order valence-electron chi connectivity index (χ1n) is 17.3. The normalized spacial score (nSPS) is 11.8. The molecule has 0 aliphatic carbocycles. The van der Waals surface area contributed by atoms with Crippen molar-refractivity contribution in [3.8, 4) is 39.9 Å². The second kappa shape index (κ2) is 11.2. The summed E-state index contributed by atoms with van der Waals surface area (Å²) in [5, 5.41) is 6.37. The lowest BCUT2D eigenvalue weighted by atomic mass is 9.97. The molecule has 0 amide bonds. The van der Waals surface area contributed by atoms with E-state index in [1.165, 1.54) is 0 Å². The van der Waals surface area contributed by atoms with E-state index in [9.17, 15) is 0 Å². The molecule has 4 heterocycles. The smallest absolute Gasteiger partial charge is 0.238 e. The molecule has 11 rings (SSSR count). The molecule has 7 nitrogen and oxygen atoms in total. The molecule has 0 aliphatic heterocycles. The minimum atomic E-state index is 0.477. The summed E-state index contributed by atoms with van der Waals surface area (Å²) in [6, 6.07) is 50.7. The van der Waals surface area contributed by atoms with Crippen molar-refractivity contribution in [1.82, 2.24) is 19.5 Å². The second-order valence-electron chi connectivity index (χ2n) is 13.1. The number of para-hydroxylation sites is 4. The fraction of sp³-hybridized carbons (Fsp3) is 0. The zero-order valence-corrected chi connectivity index (χ0v) is 28.0. The maximum absolute atomic E-state index is 7.63. The van der Waals surface area contributed by atoms with Gasteiger partial charge in [-0.05, 0) is 48.0 Å². The zero-order valence-electron chi connectivity index (χ0n) is 28.0. The van der Waals surface area contributed by atoms with Gasteiger partial charge in [-0.1, -0.05) is 109 Å². The Morgan fingerprint density at radius 3 is 1.91 bits per heavy atom. The van der Waals surface area contributed by atoms with Crippen molar-refractivity contribution in [3.05, 3.63) is 163 Å². The van der Waals surface area contributed by atoms with Gasteiger partial charge in [0.05, 0.1) is 17.6 Å². The molecule has 11 aromatic rings. The van der Waals surface area contributed by atoms with Gasteiger partial charge >= 0.3 is 0 Å². The molecule has 4 aromatic heterocycles. The summed E-state index contributed by atoms with van der Waals surface area (Å²) in [5.74, 6) is 1.46. The first-order valence-corrected chi connectivity index (χ1v) is 17.3. The van der Waals surface area contributed by atoms with Crippen molar-refractivity contribution in [3.63, 3.8) is 0 Å². The largest absolute Gasteiger partial charge is 0.456 e. The predicted molar refractivity (Wildman–Crippen MR) is 211 cm³/mol. The summed E-state index contributed by atoms with van der Waals surface area (Å²) in [5.41, 5.74) is 9.29. The number of hydrogen-bond acceptors (Lipinski definition) is 5. The van der Waals surface area contributed by atoms with Gasteiger partial charge in [-0.3, -0.25) is 4.57 Å². The zero-order chi connectivity index (χ0) is 35.0. The number of fused-ring (bicyclic) bond motifs is 9. The van der Waals surface area contributed by atoms with E-state index in [0.29, 0.717) is 23.3 Å². The number of hydrogen-bond donors (Lipinski definition) is 0. The van der Waals surface area contributed by atoms with Crippen molar-refractivity contribution < 1.29 is 8.83 Å². The maximum Gasteiger partial charge on any atom is 0.238 e. The third-order valence-corrected chi connectivity index (χ3v) is 10.1. The highest BCUT2D eigenvalue weighted by atomic mass is 16.3. The molecule has 53 heavy (non-hydrogen) atoms. The van der Waals surface area contributed by atoms with E-state index in [1.807, 2.05) is 84.9 Å². The molecule has 0 spiro atoms. The number of benzene rings is 7. The highest BCUT2D eigenvalue weighted by molar-refractivity contribution is 6.17. The lowest BCUT2D eigenvalue weighted by molar-refractivity contribution is 0.668. The van der Waals surface area contributed by atoms with Gasteiger partial charge in [-0.15, -0.1) is 0 Å². The van der Waals surface area contributed by atoms with Crippen LogP contribution in [0.5, 0.6) is 0 Å². The Kier molecular flexibility index (Phi) is 6.18. The Bertz CT molecular complexity index is 3270. The Morgan fingerprint density at radius 1 is 0.472 bits per heavy atom. The van der Waals surface area contributed by atoms with Crippen LogP contribution < -0.4 is 0 Å². The highest BCUT2D eigenvalue weighted by Crippen LogP contribution is 2.42. The van der Waals surface area contributed by atoms with Crippen LogP contribution in [0.25, 0.3) is 110 Å². The fourth-order valence-corrected chi connectivity index (χ4v) is 7.72. The van der Waals surface area contributed by atoms with Crippen LogP contribution in [0.3, 0.4) is 0 Å². The first kappa shape index (κ1) is 29.2.